The van der Waals surface area contributed by atoms with Crippen molar-refractivity contribution in [1.29, 1.82) is 0 Å². The van der Waals surface area contributed by atoms with Crippen molar-refractivity contribution in [3.63, 3.8) is 0 Å². The summed E-state index contributed by atoms with van der Waals surface area (Å²) < 4.78 is 7.64. The lowest BCUT2D eigenvalue weighted by molar-refractivity contribution is 0.102. The molecule has 2 aromatic carbocycles. The largest absolute Gasteiger partial charge is 0.489 e. The molecule has 0 aliphatic rings. The van der Waals surface area contributed by atoms with Gasteiger partial charge in [-0.1, -0.05) is 30.3 Å². The minimum atomic E-state index is -0.142. The molecule has 134 valence electrons. The summed E-state index contributed by atoms with van der Waals surface area (Å²) in [7, 11) is 0. The topological polar surface area (TPSA) is 55.6 Å². The molecule has 0 bridgehead atoms. The first-order valence-corrected chi connectivity index (χ1v) is 8.70. The van der Waals surface area contributed by atoms with E-state index in [9.17, 15) is 4.79 Å². The highest BCUT2D eigenvalue weighted by molar-refractivity contribution is 6.05. The quantitative estimate of drug-likeness (QED) is 0.573. The normalized spacial score (nSPS) is 10.7. The molecule has 0 spiro atoms. The van der Waals surface area contributed by atoms with E-state index in [2.05, 4.69) is 10.3 Å². The number of aryl methyl sites for hydroxylation is 1. The van der Waals surface area contributed by atoms with E-state index in [1.54, 1.807) is 12.5 Å². The average molecular weight is 357 g/mol. The molecular formula is C22H19N3O2. The van der Waals surface area contributed by atoms with Crippen molar-refractivity contribution in [2.75, 3.05) is 5.32 Å². The van der Waals surface area contributed by atoms with Gasteiger partial charge >= 0.3 is 0 Å². The zero-order valence-corrected chi connectivity index (χ0v) is 14.9. The number of ether oxygens (including phenoxy) is 1. The Morgan fingerprint density at radius 1 is 1.04 bits per heavy atom. The molecule has 0 aliphatic carbocycles. The minimum Gasteiger partial charge on any atom is -0.489 e. The van der Waals surface area contributed by atoms with Crippen LogP contribution in [0.15, 0.2) is 79.3 Å². The molecule has 0 radical (unpaired) electrons. The Kier molecular flexibility index (Phi) is 4.58. The molecule has 0 atom stereocenters. The summed E-state index contributed by atoms with van der Waals surface area (Å²) in [6.07, 6.45) is 3.48. The van der Waals surface area contributed by atoms with Crippen molar-refractivity contribution in [2.45, 2.75) is 13.5 Å². The Morgan fingerprint density at radius 3 is 2.59 bits per heavy atom. The summed E-state index contributed by atoms with van der Waals surface area (Å²) in [6.45, 7) is 2.39. The van der Waals surface area contributed by atoms with E-state index in [0.29, 0.717) is 12.2 Å². The van der Waals surface area contributed by atoms with Crippen LogP contribution < -0.4 is 10.1 Å². The highest BCUT2D eigenvalue weighted by Gasteiger charge is 2.12. The van der Waals surface area contributed by atoms with Gasteiger partial charge < -0.3 is 14.5 Å². The van der Waals surface area contributed by atoms with Crippen LogP contribution in [0.1, 0.15) is 21.6 Å². The third kappa shape index (κ3) is 3.67. The number of nitrogens with zero attached hydrogens (tertiary/aromatic N) is 2. The maximum atomic E-state index is 12.6. The van der Waals surface area contributed by atoms with E-state index in [0.717, 1.165) is 28.2 Å². The maximum Gasteiger partial charge on any atom is 0.257 e. The molecule has 0 unspecified atom stereocenters. The van der Waals surface area contributed by atoms with Gasteiger partial charge in [-0.25, -0.2) is 4.98 Å². The van der Waals surface area contributed by atoms with Crippen LogP contribution in [-0.4, -0.2) is 15.3 Å². The fourth-order valence-electron chi connectivity index (χ4n) is 2.93. The fourth-order valence-corrected chi connectivity index (χ4v) is 2.93. The molecule has 27 heavy (non-hydrogen) atoms. The van der Waals surface area contributed by atoms with E-state index in [4.69, 9.17) is 4.74 Å². The first-order chi connectivity index (χ1) is 13.2. The SMILES string of the molecule is Cc1c(C(=O)Nc2ccc(COc3ccccc3)cc2)ccc2cncn12. The number of carbonyl (C=O) groups excluding carboxylic acids is 1. The number of anilines is 1. The zero-order chi connectivity index (χ0) is 18.6. The molecule has 5 nitrogen and oxygen atoms in total. The number of aromatic nitrogens is 2. The molecule has 2 aromatic heterocycles. The molecule has 4 aromatic rings. The number of amides is 1. The molecule has 1 amide bonds. The number of rotatable bonds is 5. The van der Waals surface area contributed by atoms with Gasteiger partial charge in [0.15, 0.2) is 0 Å². The van der Waals surface area contributed by atoms with Gasteiger partial charge in [0.2, 0.25) is 0 Å². The van der Waals surface area contributed by atoms with Gasteiger partial charge in [-0.2, -0.15) is 0 Å². The summed E-state index contributed by atoms with van der Waals surface area (Å²) in [5, 5.41) is 2.94. The van der Waals surface area contributed by atoms with Gasteiger partial charge in [-0.05, 0) is 48.9 Å². The lowest BCUT2D eigenvalue weighted by atomic mass is 10.1. The van der Waals surface area contributed by atoms with Crippen molar-refractivity contribution in [2.24, 2.45) is 0 Å². The molecule has 5 heteroatoms. The highest BCUT2D eigenvalue weighted by Crippen LogP contribution is 2.17. The van der Waals surface area contributed by atoms with Crippen molar-refractivity contribution in [3.05, 3.63) is 96.1 Å². The van der Waals surface area contributed by atoms with Crippen LogP contribution in [0.2, 0.25) is 0 Å². The Balaban J connectivity index is 1.43. The molecule has 4 rings (SSSR count). The van der Waals surface area contributed by atoms with Crippen LogP contribution in [0, 0.1) is 6.92 Å². The zero-order valence-electron chi connectivity index (χ0n) is 14.9. The van der Waals surface area contributed by atoms with Gasteiger partial charge in [0.25, 0.3) is 5.91 Å². The van der Waals surface area contributed by atoms with Crippen LogP contribution in [0.5, 0.6) is 5.75 Å². The Bertz CT molecular complexity index is 1070. The molecule has 1 N–H and O–H groups in total. The van der Waals surface area contributed by atoms with Crippen molar-refractivity contribution in [3.8, 4) is 5.75 Å². The lowest BCUT2D eigenvalue weighted by Gasteiger charge is -2.10. The number of para-hydroxylation sites is 1. The van der Waals surface area contributed by atoms with E-state index in [-0.39, 0.29) is 5.91 Å². The Hall–Kier alpha value is -3.60. The summed E-state index contributed by atoms with van der Waals surface area (Å²) in [4.78, 5) is 16.7. The predicted molar refractivity (Wildman–Crippen MR) is 105 cm³/mol. The number of imidazole rings is 1. The van der Waals surface area contributed by atoms with Gasteiger partial charge in [-0.15, -0.1) is 0 Å². The smallest absolute Gasteiger partial charge is 0.257 e. The van der Waals surface area contributed by atoms with Gasteiger partial charge in [0.05, 0.1) is 23.6 Å². The number of benzene rings is 2. The minimum absolute atomic E-state index is 0.142. The highest BCUT2D eigenvalue weighted by atomic mass is 16.5. The summed E-state index contributed by atoms with van der Waals surface area (Å²) in [5.74, 6) is 0.691. The number of fused-ring (bicyclic) bond motifs is 1. The number of hydrogen-bond donors (Lipinski definition) is 1. The lowest BCUT2D eigenvalue weighted by Crippen LogP contribution is -2.15. The number of hydrogen-bond acceptors (Lipinski definition) is 3. The third-order valence-corrected chi connectivity index (χ3v) is 4.44. The van der Waals surface area contributed by atoms with Crippen LogP contribution in [0.3, 0.4) is 0 Å². The molecule has 0 saturated carbocycles. The first kappa shape index (κ1) is 16.8. The fraction of sp³-hybridized carbons (Fsp3) is 0.0909. The van der Waals surface area contributed by atoms with Crippen LogP contribution >= 0.6 is 0 Å². The first-order valence-electron chi connectivity index (χ1n) is 8.70. The van der Waals surface area contributed by atoms with Crippen molar-refractivity contribution in [1.82, 2.24) is 9.38 Å². The second-order valence-electron chi connectivity index (χ2n) is 6.27. The van der Waals surface area contributed by atoms with Gasteiger partial charge in [0.1, 0.15) is 12.4 Å². The number of carbonyl (C=O) groups is 1. The summed E-state index contributed by atoms with van der Waals surface area (Å²) in [5.41, 5.74) is 4.22. The van der Waals surface area contributed by atoms with Crippen molar-refractivity contribution >= 4 is 17.1 Å². The predicted octanol–water partition coefficient (Wildman–Crippen LogP) is 4.47. The molecule has 2 heterocycles. The van der Waals surface area contributed by atoms with Crippen LogP contribution in [0.25, 0.3) is 5.52 Å². The summed E-state index contributed by atoms with van der Waals surface area (Å²) >= 11 is 0. The second-order valence-corrected chi connectivity index (χ2v) is 6.27. The standard InChI is InChI=1S/C22H19N3O2/c1-16-21(12-11-19-13-23-15-25(16)19)22(26)24-18-9-7-17(8-10-18)14-27-20-5-3-2-4-6-20/h2-13,15H,14H2,1H3,(H,24,26). The summed E-state index contributed by atoms with van der Waals surface area (Å²) in [6, 6.07) is 21.1. The third-order valence-electron chi connectivity index (χ3n) is 4.44. The second kappa shape index (κ2) is 7.33. The molecular weight excluding hydrogens is 338 g/mol. The Morgan fingerprint density at radius 2 is 1.81 bits per heavy atom. The van der Waals surface area contributed by atoms with Crippen molar-refractivity contribution < 1.29 is 9.53 Å². The Labute approximate surface area is 157 Å². The average Bonchev–Trinajstić information content (AvgIpc) is 3.18. The van der Waals surface area contributed by atoms with Gasteiger partial charge in [0, 0.05) is 11.4 Å². The van der Waals surface area contributed by atoms with Crippen LogP contribution in [0.4, 0.5) is 5.69 Å². The van der Waals surface area contributed by atoms with Crippen LogP contribution in [-0.2, 0) is 6.61 Å². The van der Waals surface area contributed by atoms with E-state index in [1.165, 1.54) is 0 Å². The molecule has 0 fully saturated rings. The van der Waals surface area contributed by atoms with E-state index >= 15 is 0 Å². The van der Waals surface area contributed by atoms with E-state index < -0.39 is 0 Å². The molecule has 0 saturated heterocycles. The van der Waals surface area contributed by atoms with E-state index in [1.807, 2.05) is 78.1 Å². The van der Waals surface area contributed by atoms with Gasteiger partial charge in [-0.3, -0.25) is 4.79 Å². The maximum absolute atomic E-state index is 12.6. The number of pyridine rings is 1. The molecule has 0 aliphatic heterocycles. The monoisotopic (exact) mass is 357 g/mol. The number of nitrogens with one attached hydrogen (secondary N) is 1.